The number of non-ortho nitro benzene ring substituents is 1. The van der Waals surface area contributed by atoms with E-state index >= 15 is 0 Å². The fraction of sp³-hybridized carbons (Fsp3) is 0.333. The summed E-state index contributed by atoms with van der Waals surface area (Å²) in [6.07, 6.45) is 0.680. The van der Waals surface area contributed by atoms with Crippen molar-refractivity contribution in [1.29, 1.82) is 0 Å². The van der Waals surface area contributed by atoms with Gasteiger partial charge in [-0.2, -0.15) is 4.99 Å². The van der Waals surface area contributed by atoms with E-state index in [1.54, 1.807) is 26.4 Å². The van der Waals surface area contributed by atoms with Crippen molar-refractivity contribution in [2.24, 2.45) is 4.99 Å². The Morgan fingerprint density at radius 1 is 1.19 bits per heavy atom. The first kappa shape index (κ1) is 21.1. The first-order valence-electron chi connectivity index (χ1n) is 9.70. The van der Waals surface area contributed by atoms with Crippen LogP contribution in [0.25, 0.3) is 0 Å². The molecule has 1 N–H and O–H groups in total. The lowest BCUT2D eigenvalue weighted by molar-refractivity contribution is -0.384. The van der Waals surface area contributed by atoms with Crippen LogP contribution in [-0.2, 0) is 11.2 Å². The van der Waals surface area contributed by atoms with Gasteiger partial charge in [0.1, 0.15) is 0 Å². The van der Waals surface area contributed by atoms with E-state index < -0.39 is 4.92 Å². The SMILES string of the molecule is COc1cc2c(cc1OC)[C@H](c1ccc([N+](=O)[O-])cc1)NN(C1=NC(=O)CS1)[C@H](C)C2. The standard InChI is InChI=1S/C21H22N4O5S/c1-12-8-14-9-17(29-2)18(30-3)10-16(14)20(13-4-6-15(7-5-13)25(27)28)23-24(12)21-22-19(26)11-31-21/h4-7,9-10,12,20,23H,8,11H2,1-3H3/t12-,20+/m1/s1. The number of amidine groups is 1. The molecule has 2 aromatic carbocycles. The number of benzene rings is 2. The largest absolute Gasteiger partial charge is 0.493 e. The molecule has 0 saturated carbocycles. The lowest BCUT2D eigenvalue weighted by atomic mass is 9.92. The predicted octanol–water partition coefficient (Wildman–Crippen LogP) is 3.08. The monoisotopic (exact) mass is 442 g/mol. The zero-order valence-electron chi connectivity index (χ0n) is 17.3. The Morgan fingerprint density at radius 2 is 1.87 bits per heavy atom. The molecular weight excluding hydrogens is 420 g/mol. The van der Waals surface area contributed by atoms with Crippen LogP contribution in [0.1, 0.15) is 29.7 Å². The number of thioether (sulfide) groups is 1. The number of rotatable bonds is 4. The van der Waals surface area contributed by atoms with Crippen molar-refractivity contribution in [2.75, 3.05) is 20.0 Å². The zero-order chi connectivity index (χ0) is 22.1. The van der Waals surface area contributed by atoms with E-state index in [-0.39, 0.29) is 23.7 Å². The summed E-state index contributed by atoms with van der Waals surface area (Å²) in [5.74, 6) is 1.38. The second-order valence-corrected chi connectivity index (χ2v) is 8.26. The fourth-order valence-corrected chi connectivity index (χ4v) is 4.69. The van der Waals surface area contributed by atoms with Gasteiger partial charge < -0.3 is 9.47 Å². The second-order valence-electron chi connectivity index (χ2n) is 7.32. The highest BCUT2D eigenvalue weighted by atomic mass is 32.2. The highest BCUT2D eigenvalue weighted by Gasteiger charge is 2.33. The molecule has 2 aliphatic rings. The molecule has 1 amide bonds. The molecule has 0 aliphatic carbocycles. The molecule has 0 saturated heterocycles. The molecule has 162 valence electrons. The lowest BCUT2D eigenvalue weighted by Crippen LogP contribution is -2.47. The quantitative estimate of drug-likeness (QED) is 0.569. The average molecular weight is 442 g/mol. The molecule has 0 unspecified atom stereocenters. The van der Waals surface area contributed by atoms with Gasteiger partial charge in [-0.1, -0.05) is 23.9 Å². The van der Waals surface area contributed by atoms with Crippen LogP contribution in [-0.4, -0.2) is 47.0 Å². The van der Waals surface area contributed by atoms with E-state index in [1.165, 1.54) is 23.9 Å². The van der Waals surface area contributed by atoms with Gasteiger partial charge in [0.05, 0.1) is 30.9 Å². The minimum absolute atomic E-state index is 0.00273. The zero-order valence-corrected chi connectivity index (χ0v) is 18.1. The van der Waals surface area contributed by atoms with Crippen LogP contribution < -0.4 is 14.9 Å². The number of nitrogens with one attached hydrogen (secondary N) is 1. The second kappa shape index (κ2) is 8.56. The maximum atomic E-state index is 11.8. The van der Waals surface area contributed by atoms with Gasteiger partial charge in [-0.3, -0.25) is 19.9 Å². The van der Waals surface area contributed by atoms with Gasteiger partial charge in [0.25, 0.3) is 11.6 Å². The average Bonchev–Trinajstić information content (AvgIpc) is 3.14. The van der Waals surface area contributed by atoms with Gasteiger partial charge >= 0.3 is 0 Å². The number of fused-ring (bicyclic) bond motifs is 1. The summed E-state index contributed by atoms with van der Waals surface area (Å²) < 4.78 is 11.0. The summed E-state index contributed by atoms with van der Waals surface area (Å²) in [6, 6.07) is 10.00. The predicted molar refractivity (Wildman–Crippen MR) is 118 cm³/mol. The molecule has 0 bridgehead atoms. The van der Waals surface area contributed by atoms with E-state index in [0.29, 0.717) is 28.8 Å². The number of nitrogens with zero attached hydrogens (tertiary/aromatic N) is 3. The Hall–Kier alpha value is -3.11. The normalized spacial score (nSPS) is 20.7. The molecule has 9 nitrogen and oxygen atoms in total. The van der Waals surface area contributed by atoms with Gasteiger partial charge in [0.15, 0.2) is 16.7 Å². The number of nitro benzene ring substituents is 1. The fourth-order valence-electron chi connectivity index (χ4n) is 3.83. The Morgan fingerprint density at radius 3 is 2.45 bits per heavy atom. The van der Waals surface area contributed by atoms with Crippen LogP contribution in [0, 0.1) is 10.1 Å². The molecule has 4 rings (SSSR count). The van der Waals surface area contributed by atoms with Crippen molar-refractivity contribution in [2.45, 2.75) is 25.4 Å². The van der Waals surface area contributed by atoms with E-state index in [0.717, 1.165) is 16.7 Å². The molecule has 0 fully saturated rings. The number of carbonyl (C=O) groups is 1. The van der Waals surface area contributed by atoms with Crippen molar-refractivity contribution < 1.29 is 19.2 Å². The molecule has 2 aromatic rings. The van der Waals surface area contributed by atoms with E-state index in [9.17, 15) is 14.9 Å². The summed E-state index contributed by atoms with van der Waals surface area (Å²) in [5.41, 5.74) is 6.39. The van der Waals surface area contributed by atoms with Crippen molar-refractivity contribution in [3.05, 3.63) is 63.2 Å². The third-order valence-electron chi connectivity index (χ3n) is 5.37. The third kappa shape index (κ3) is 4.08. The summed E-state index contributed by atoms with van der Waals surface area (Å²) in [7, 11) is 3.18. The number of ether oxygens (including phenoxy) is 2. The van der Waals surface area contributed by atoms with Crippen molar-refractivity contribution in [1.82, 2.24) is 10.4 Å². The maximum absolute atomic E-state index is 11.8. The molecule has 0 radical (unpaired) electrons. The Labute approximate surface area is 183 Å². The molecule has 2 heterocycles. The molecule has 0 spiro atoms. The number of hydrogen-bond donors (Lipinski definition) is 1. The minimum Gasteiger partial charge on any atom is -0.493 e. The molecule has 31 heavy (non-hydrogen) atoms. The number of hydrogen-bond acceptors (Lipinski definition) is 8. The Bertz CT molecular complexity index is 1060. The summed E-state index contributed by atoms with van der Waals surface area (Å²) in [4.78, 5) is 26.6. The lowest BCUT2D eigenvalue weighted by Gasteiger charge is -2.31. The first-order valence-corrected chi connectivity index (χ1v) is 10.7. The van der Waals surface area contributed by atoms with Gasteiger partial charge in [0.2, 0.25) is 0 Å². The maximum Gasteiger partial charge on any atom is 0.269 e. The number of methoxy groups -OCH3 is 2. The van der Waals surface area contributed by atoms with Gasteiger partial charge in [0, 0.05) is 18.2 Å². The molecule has 10 heteroatoms. The van der Waals surface area contributed by atoms with Crippen LogP contribution in [0.2, 0.25) is 0 Å². The van der Waals surface area contributed by atoms with Crippen LogP contribution in [0.5, 0.6) is 11.5 Å². The highest BCUT2D eigenvalue weighted by molar-refractivity contribution is 8.14. The molecular formula is C21H22N4O5S. The first-order chi connectivity index (χ1) is 14.9. The number of hydrazine groups is 1. The minimum atomic E-state index is -0.421. The van der Waals surface area contributed by atoms with E-state index in [1.807, 2.05) is 17.1 Å². The number of nitro groups is 1. The topological polar surface area (TPSA) is 106 Å². The number of amides is 1. The summed E-state index contributed by atoms with van der Waals surface area (Å²) in [6.45, 7) is 2.05. The summed E-state index contributed by atoms with van der Waals surface area (Å²) in [5, 5.41) is 13.6. The van der Waals surface area contributed by atoms with Crippen LogP contribution in [0.4, 0.5) is 5.69 Å². The number of carbonyl (C=O) groups excluding carboxylic acids is 1. The third-order valence-corrected chi connectivity index (χ3v) is 6.31. The molecule has 0 aromatic heterocycles. The van der Waals surface area contributed by atoms with E-state index in [2.05, 4.69) is 17.3 Å². The van der Waals surface area contributed by atoms with Crippen molar-refractivity contribution in [3.63, 3.8) is 0 Å². The van der Waals surface area contributed by atoms with Crippen LogP contribution in [0.3, 0.4) is 0 Å². The molecule has 2 atom stereocenters. The Balaban J connectivity index is 1.83. The van der Waals surface area contributed by atoms with Crippen molar-refractivity contribution in [3.8, 4) is 11.5 Å². The molecule has 2 aliphatic heterocycles. The van der Waals surface area contributed by atoms with Gasteiger partial charge in [-0.25, -0.2) is 5.43 Å². The van der Waals surface area contributed by atoms with E-state index in [4.69, 9.17) is 9.47 Å². The van der Waals surface area contributed by atoms with Crippen molar-refractivity contribution >= 4 is 28.5 Å². The summed E-state index contributed by atoms with van der Waals surface area (Å²) >= 11 is 1.39. The Kier molecular flexibility index (Phi) is 5.84. The van der Waals surface area contributed by atoms with Crippen LogP contribution >= 0.6 is 11.8 Å². The van der Waals surface area contributed by atoms with Crippen LogP contribution in [0.15, 0.2) is 41.4 Å². The highest BCUT2D eigenvalue weighted by Crippen LogP contribution is 2.39. The van der Waals surface area contributed by atoms with Gasteiger partial charge in [-0.15, -0.1) is 0 Å². The number of aliphatic imine (C=N–C) groups is 1. The van der Waals surface area contributed by atoms with Gasteiger partial charge in [-0.05, 0) is 42.2 Å². The smallest absolute Gasteiger partial charge is 0.269 e.